The number of nitrogens with one attached hydrogen (secondary N) is 1. The molecule has 2 amide bonds. The van der Waals surface area contributed by atoms with Crippen molar-refractivity contribution in [2.24, 2.45) is 17.8 Å². The van der Waals surface area contributed by atoms with Crippen molar-refractivity contribution in [1.29, 1.82) is 0 Å². The van der Waals surface area contributed by atoms with Crippen LogP contribution in [0, 0.1) is 17.8 Å². The molecule has 25 heavy (non-hydrogen) atoms. The smallest absolute Gasteiger partial charge is 0.318 e. The molecular formula is C20H26N4O. The van der Waals surface area contributed by atoms with Crippen LogP contribution in [-0.2, 0) is 6.42 Å². The lowest BCUT2D eigenvalue weighted by molar-refractivity contribution is -0.0167. The van der Waals surface area contributed by atoms with Gasteiger partial charge < -0.3 is 10.2 Å². The first-order valence-electron chi connectivity index (χ1n) is 10.1. The fraction of sp³-hybridized carbons (Fsp3) is 0.750. The highest BCUT2D eigenvalue weighted by atomic mass is 16.2. The molecule has 1 aromatic heterocycles. The zero-order chi connectivity index (χ0) is 16.6. The number of amides is 2. The summed E-state index contributed by atoms with van der Waals surface area (Å²) in [6.45, 7) is 0. The Morgan fingerprint density at radius 3 is 2.56 bits per heavy atom. The Morgan fingerprint density at radius 2 is 1.84 bits per heavy atom. The Kier molecular flexibility index (Phi) is 2.88. The number of carbonyl (C=O) groups excluding carboxylic acids is 1. The second kappa shape index (κ2) is 4.95. The predicted octanol–water partition coefficient (Wildman–Crippen LogP) is 3.22. The second-order valence-electron chi connectivity index (χ2n) is 9.41. The van der Waals surface area contributed by atoms with Crippen LogP contribution in [0.5, 0.6) is 0 Å². The summed E-state index contributed by atoms with van der Waals surface area (Å²) in [6, 6.07) is 0.689. The lowest BCUT2D eigenvalue weighted by Crippen LogP contribution is -2.62. The molecule has 1 aromatic rings. The van der Waals surface area contributed by atoms with Crippen molar-refractivity contribution in [2.45, 2.75) is 75.4 Å². The van der Waals surface area contributed by atoms with Gasteiger partial charge in [-0.15, -0.1) is 0 Å². The molecule has 5 fully saturated rings. The summed E-state index contributed by atoms with van der Waals surface area (Å²) in [5.74, 6) is 2.58. The fourth-order valence-electron chi connectivity index (χ4n) is 7.29. The van der Waals surface area contributed by atoms with Crippen molar-refractivity contribution >= 4 is 6.03 Å². The lowest BCUT2D eigenvalue weighted by atomic mass is 9.53. The molecule has 1 N–H and O–H groups in total. The van der Waals surface area contributed by atoms with E-state index in [0.717, 1.165) is 42.7 Å². The molecule has 3 heterocycles. The van der Waals surface area contributed by atoms with Crippen LogP contribution in [0.2, 0.25) is 0 Å². The van der Waals surface area contributed by atoms with Gasteiger partial charge >= 0.3 is 6.03 Å². The molecule has 132 valence electrons. The average molecular weight is 338 g/mol. The first-order chi connectivity index (χ1) is 12.2. The Morgan fingerprint density at radius 1 is 1.12 bits per heavy atom. The SMILES string of the molecule is O=C(NC12CC3CC(CC(C3)C1)C2)N1C2CCC1c1cncnc1C2. The van der Waals surface area contributed by atoms with Crippen LogP contribution in [0.15, 0.2) is 12.5 Å². The third-order valence-corrected chi connectivity index (χ3v) is 7.76. The number of aromatic nitrogens is 2. The maximum absolute atomic E-state index is 13.3. The summed E-state index contributed by atoms with van der Waals surface area (Å²) in [5.41, 5.74) is 2.43. The maximum Gasteiger partial charge on any atom is 0.318 e. The first-order valence-corrected chi connectivity index (χ1v) is 10.1. The van der Waals surface area contributed by atoms with E-state index in [0.29, 0.717) is 6.04 Å². The van der Waals surface area contributed by atoms with Crippen molar-refractivity contribution in [3.8, 4) is 0 Å². The number of carbonyl (C=O) groups is 1. The topological polar surface area (TPSA) is 58.1 Å². The summed E-state index contributed by atoms with van der Waals surface area (Å²) < 4.78 is 0. The van der Waals surface area contributed by atoms with E-state index >= 15 is 0 Å². The van der Waals surface area contributed by atoms with Crippen molar-refractivity contribution in [3.05, 3.63) is 23.8 Å². The Balaban J connectivity index is 1.27. The molecule has 6 bridgehead atoms. The highest BCUT2D eigenvalue weighted by molar-refractivity contribution is 5.77. The number of urea groups is 1. The van der Waals surface area contributed by atoms with Crippen molar-refractivity contribution in [2.75, 3.05) is 0 Å². The number of rotatable bonds is 1. The molecule has 1 saturated heterocycles. The zero-order valence-electron chi connectivity index (χ0n) is 14.7. The first kappa shape index (κ1) is 14.5. The third kappa shape index (κ3) is 2.10. The number of nitrogens with zero attached hydrogens (tertiary/aromatic N) is 3. The molecule has 0 radical (unpaired) electrons. The maximum atomic E-state index is 13.3. The standard InChI is InChI=1S/C20H26N4O/c25-19(23-20-7-12-3-13(8-20)5-14(4-12)9-20)24-15-1-2-18(24)16-10-21-11-22-17(16)6-15/h10-15,18H,1-9H2,(H,23,25). The molecule has 5 nitrogen and oxygen atoms in total. The van der Waals surface area contributed by atoms with Gasteiger partial charge in [0, 0.05) is 29.8 Å². The van der Waals surface area contributed by atoms with Crippen LogP contribution in [0.4, 0.5) is 4.79 Å². The van der Waals surface area contributed by atoms with Gasteiger partial charge in [-0.1, -0.05) is 0 Å². The Labute approximate surface area is 148 Å². The van der Waals surface area contributed by atoms with E-state index in [4.69, 9.17) is 0 Å². The van der Waals surface area contributed by atoms with Gasteiger partial charge in [-0.05, 0) is 69.1 Å². The zero-order valence-corrected chi connectivity index (χ0v) is 14.7. The molecule has 6 aliphatic rings. The van der Waals surface area contributed by atoms with Gasteiger partial charge in [-0.25, -0.2) is 14.8 Å². The molecule has 4 aliphatic carbocycles. The van der Waals surface area contributed by atoms with E-state index < -0.39 is 0 Å². The van der Waals surface area contributed by atoms with Gasteiger partial charge in [-0.2, -0.15) is 0 Å². The molecule has 2 atom stereocenters. The summed E-state index contributed by atoms with van der Waals surface area (Å²) in [4.78, 5) is 24.2. The molecule has 4 saturated carbocycles. The molecule has 2 aliphatic heterocycles. The summed E-state index contributed by atoms with van der Waals surface area (Å²) in [7, 11) is 0. The molecule has 0 aromatic carbocycles. The molecular weight excluding hydrogens is 312 g/mol. The monoisotopic (exact) mass is 338 g/mol. The quantitative estimate of drug-likeness (QED) is 0.855. The summed E-state index contributed by atoms with van der Waals surface area (Å²) in [5, 5.41) is 3.57. The van der Waals surface area contributed by atoms with Crippen LogP contribution < -0.4 is 5.32 Å². The number of hydrogen-bond acceptors (Lipinski definition) is 3. The summed E-state index contributed by atoms with van der Waals surface area (Å²) in [6.07, 6.45) is 14.5. The van der Waals surface area contributed by atoms with Crippen LogP contribution in [0.25, 0.3) is 0 Å². The van der Waals surface area contributed by atoms with E-state index in [1.807, 2.05) is 6.20 Å². The van der Waals surface area contributed by atoms with Crippen molar-refractivity contribution in [3.63, 3.8) is 0 Å². The molecule has 7 rings (SSSR count). The van der Waals surface area contributed by atoms with Gasteiger partial charge in [0.15, 0.2) is 0 Å². The van der Waals surface area contributed by atoms with E-state index in [9.17, 15) is 4.79 Å². The minimum Gasteiger partial charge on any atom is -0.333 e. The predicted molar refractivity (Wildman–Crippen MR) is 92.8 cm³/mol. The average Bonchev–Trinajstić information content (AvgIpc) is 2.89. The van der Waals surface area contributed by atoms with E-state index in [1.54, 1.807) is 6.33 Å². The summed E-state index contributed by atoms with van der Waals surface area (Å²) >= 11 is 0. The second-order valence-corrected chi connectivity index (χ2v) is 9.41. The lowest BCUT2D eigenvalue weighted by Gasteiger charge is -2.57. The van der Waals surface area contributed by atoms with E-state index in [1.165, 1.54) is 44.1 Å². The van der Waals surface area contributed by atoms with Gasteiger partial charge in [0.1, 0.15) is 6.33 Å². The molecule has 2 unspecified atom stereocenters. The van der Waals surface area contributed by atoms with Crippen molar-refractivity contribution in [1.82, 2.24) is 20.2 Å². The van der Waals surface area contributed by atoms with Crippen LogP contribution >= 0.6 is 0 Å². The normalized spacial score (nSPS) is 43.2. The van der Waals surface area contributed by atoms with Crippen LogP contribution in [-0.4, -0.2) is 32.5 Å². The van der Waals surface area contributed by atoms with E-state index in [2.05, 4.69) is 20.2 Å². The van der Waals surface area contributed by atoms with Gasteiger partial charge in [-0.3, -0.25) is 0 Å². The van der Waals surface area contributed by atoms with Gasteiger partial charge in [0.25, 0.3) is 0 Å². The van der Waals surface area contributed by atoms with E-state index in [-0.39, 0.29) is 17.6 Å². The highest BCUT2D eigenvalue weighted by Gasteiger charge is 2.53. The fourth-order valence-corrected chi connectivity index (χ4v) is 7.29. The van der Waals surface area contributed by atoms with Crippen LogP contribution in [0.1, 0.15) is 68.7 Å². The molecule has 5 heteroatoms. The molecule has 0 spiro atoms. The van der Waals surface area contributed by atoms with Crippen molar-refractivity contribution < 1.29 is 4.79 Å². The third-order valence-electron chi connectivity index (χ3n) is 7.76. The van der Waals surface area contributed by atoms with Gasteiger partial charge in [0.2, 0.25) is 0 Å². The Bertz CT molecular complexity index is 697. The minimum atomic E-state index is 0.0960. The number of fused-ring (bicyclic) bond motifs is 4. The highest BCUT2D eigenvalue weighted by Crippen LogP contribution is 2.56. The number of hydrogen-bond donors (Lipinski definition) is 1. The van der Waals surface area contributed by atoms with Gasteiger partial charge in [0.05, 0.1) is 11.7 Å². The Hall–Kier alpha value is -1.65. The minimum absolute atomic E-state index is 0.0960. The van der Waals surface area contributed by atoms with Crippen LogP contribution in [0.3, 0.4) is 0 Å². The largest absolute Gasteiger partial charge is 0.333 e.